The van der Waals surface area contributed by atoms with Crippen molar-refractivity contribution in [1.29, 1.82) is 0 Å². The third kappa shape index (κ3) is 42.4. The lowest BCUT2D eigenvalue weighted by Gasteiger charge is -2.20. The molecule has 0 saturated heterocycles. The molecular formula is C46H87O10P. The van der Waals surface area contributed by atoms with Gasteiger partial charge in [0.05, 0.1) is 19.8 Å². The maximum atomic E-state index is 12.6. The van der Waals surface area contributed by atoms with Crippen LogP contribution in [0.15, 0.2) is 24.3 Å². The van der Waals surface area contributed by atoms with E-state index < -0.39 is 51.8 Å². The number of rotatable bonds is 44. The molecule has 3 unspecified atom stereocenters. The minimum Gasteiger partial charge on any atom is -0.462 e. The second kappa shape index (κ2) is 42.6. The standard InChI is InChI=1S/C46H87O10P/c1-3-5-7-9-11-13-15-17-19-21-22-24-26-28-30-32-34-36-38-46(50)56-44(42-55-57(51,52)54-40-43(48)39-47)41-53-45(49)37-35-33-31-29-27-25-23-20-18-16-14-12-10-8-6-4-2/h19-21,23,43-44,47-48H,3-18,22,24-42H2,1-2H3,(H,51,52)/b21-19-,23-20-. The number of carbonyl (C=O) groups is 2. The first-order chi connectivity index (χ1) is 27.7. The monoisotopic (exact) mass is 831 g/mol. The van der Waals surface area contributed by atoms with Crippen LogP contribution in [0.4, 0.5) is 0 Å². The Kier molecular flexibility index (Phi) is 41.4. The quantitative estimate of drug-likeness (QED) is 0.0234. The molecule has 0 fully saturated rings. The average molecular weight is 831 g/mol. The van der Waals surface area contributed by atoms with E-state index in [9.17, 15) is 24.2 Å². The first-order valence-electron chi connectivity index (χ1n) is 23.3. The second-order valence-corrected chi connectivity index (χ2v) is 17.2. The molecule has 0 aromatic rings. The van der Waals surface area contributed by atoms with E-state index in [0.29, 0.717) is 12.8 Å². The van der Waals surface area contributed by atoms with Gasteiger partial charge in [-0.25, -0.2) is 4.57 Å². The number of hydrogen-bond donors (Lipinski definition) is 3. The Bertz CT molecular complexity index is 1000. The van der Waals surface area contributed by atoms with Crippen LogP contribution in [0.2, 0.25) is 0 Å². The summed E-state index contributed by atoms with van der Waals surface area (Å²) in [6, 6.07) is 0. The highest BCUT2D eigenvalue weighted by atomic mass is 31.2. The fourth-order valence-electron chi connectivity index (χ4n) is 6.45. The summed E-state index contributed by atoms with van der Waals surface area (Å²) in [6.07, 6.45) is 42.8. The van der Waals surface area contributed by atoms with Crippen molar-refractivity contribution in [2.24, 2.45) is 0 Å². The topological polar surface area (TPSA) is 149 Å². The van der Waals surface area contributed by atoms with Crippen molar-refractivity contribution in [2.45, 2.75) is 232 Å². The van der Waals surface area contributed by atoms with Gasteiger partial charge >= 0.3 is 19.8 Å². The Balaban J connectivity index is 4.26. The highest BCUT2D eigenvalue weighted by Crippen LogP contribution is 2.43. The van der Waals surface area contributed by atoms with Crippen LogP contribution in [0, 0.1) is 0 Å². The maximum absolute atomic E-state index is 12.6. The minimum atomic E-state index is -4.62. The second-order valence-electron chi connectivity index (χ2n) is 15.8. The molecule has 11 heteroatoms. The number of phosphoric ester groups is 1. The van der Waals surface area contributed by atoms with Crippen LogP contribution in [0.5, 0.6) is 0 Å². The summed E-state index contributed by atoms with van der Waals surface area (Å²) >= 11 is 0. The zero-order valence-corrected chi connectivity index (χ0v) is 37.5. The van der Waals surface area contributed by atoms with Gasteiger partial charge in [0, 0.05) is 12.8 Å². The van der Waals surface area contributed by atoms with Crippen LogP contribution >= 0.6 is 7.82 Å². The Morgan fingerprint density at radius 1 is 0.509 bits per heavy atom. The first-order valence-corrected chi connectivity index (χ1v) is 24.8. The molecule has 0 aliphatic carbocycles. The number of aliphatic hydroxyl groups excluding tert-OH is 2. The van der Waals surface area contributed by atoms with Gasteiger partial charge in [0.25, 0.3) is 0 Å². The van der Waals surface area contributed by atoms with E-state index in [-0.39, 0.29) is 19.4 Å². The summed E-state index contributed by atoms with van der Waals surface area (Å²) in [4.78, 5) is 35.0. The third-order valence-electron chi connectivity index (χ3n) is 10.1. The number of allylic oxidation sites excluding steroid dienone is 4. The summed E-state index contributed by atoms with van der Waals surface area (Å²) in [5.74, 6) is -0.932. The van der Waals surface area contributed by atoms with E-state index >= 15 is 0 Å². The number of esters is 2. The molecule has 10 nitrogen and oxygen atoms in total. The number of aliphatic hydroxyl groups is 2. The van der Waals surface area contributed by atoms with Crippen molar-refractivity contribution in [1.82, 2.24) is 0 Å². The number of phosphoric acid groups is 1. The zero-order chi connectivity index (χ0) is 41.9. The van der Waals surface area contributed by atoms with Crippen molar-refractivity contribution in [2.75, 3.05) is 26.4 Å². The molecule has 0 aliphatic rings. The highest BCUT2D eigenvalue weighted by molar-refractivity contribution is 7.47. The number of ether oxygens (including phenoxy) is 2. The van der Waals surface area contributed by atoms with E-state index in [1.807, 2.05) is 0 Å². The van der Waals surface area contributed by atoms with Crippen LogP contribution in [-0.2, 0) is 32.7 Å². The first kappa shape index (κ1) is 55.5. The molecule has 0 bridgehead atoms. The van der Waals surface area contributed by atoms with Crippen LogP contribution in [0.1, 0.15) is 219 Å². The van der Waals surface area contributed by atoms with Crippen molar-refractivity contribution in [3.63, 3.8) is 0 Å². The molecule has 0 aromatic heterocycles. The van der Waals surface area contributed by atoms with Crippen molar-refractivity contribution >= 4 is 19.8 Å². The van der Waals surface area contributed by atoms with E-state index in [1.54, 1.807) is 0 Å². The van der Waals surface area contributed by atoms with Crippen LogP contribution < -0.4 is 0 Å². The van der Waals surface area contributed by atoms with Crippen molar-refractivity contribution in [3.8, 4) is 0 Å². The molecule has 0 spiro atoms. The van der Waals surface area contributed by atoms with Crippen LogP contribution in [0.3, 0.4) is 0 Å². The molecule has 0 aliphatic heterocycles. The number of carbonyl (C=O) groups excluding carboxylic acids is 2. The van der Waals surface area contributed by atoms with E-state index in [0.717, 1.165) is 57.8 Å². The Morgan fingerprint density at radius 3 is 1.26 bits per heavy atom. The van der Waals surface area contributed by atoms with E-state index in [4.69, 9.17) is 23.6 Å². The summed E-state index contributed by atoms with van der Waals surface area (Å²) in [5.41, 5.74) is 0. The van der Waals surface area contributed by atoms with Crippen molar-refractivity contribution < 1.29 is 47.8 Å². The van der Waals surface area contributed by atoms with E-state index in [2.05, 4.69) is 38.2 Å². The lowest BCUT2D eigenvalue weighted by Crippen LogP contribution is -2.29. The molecule has 0 rings (SSSR count). The van der Waals surface area contributed by atoms with Gasteiger partial charge in [0.15, 0.2) is 6.10 Å². The van der Waals surface area contributed by atoms with Gasteiger partial charge in [0.1, 0.15) is 12.7 Å². The van der Waals surface area contributed by atoms with Gasteiger partial charge < -0.3 is 24.6 Å². The highest BCUT2D eigenvalue weighted by Gasteiger charge is 2.27. The smallest absolute Gasteiger partial charge is 0.462 e. The molecule has 0 saturated carbocycles. The molecule has 0 radical (unpaired) electrons. The SMILES string of the molecule is CCCCCCCCC/C=C\CCCCCCCCCC(=O)OC(COC(=O)CCCCCCC/C=C\CCCCCCCCC)COP(=O)(O)OCC(O)CO. The summed E-state index contributed by atoms with van der Waals surface area (Å²) < 4.78 is 32.8. The molecule has 3 atom stereocenters. The van der Waals surface area contributed by atoms with Gasteiger partial charge in [0.2, 0.25) is 0 Å². The number of unbranched alkanes of at least 4 members (excludes halogenated alkanes) is 26. The molecular weight excluding hydrogens is 743 g/mol. The van der Waals surface area contributed by atoms with Crippen LogP contribution in [-0.4, -0.2) is 65.7 Å². The molecule has 0 heterocycles. The normalized spacial score (nSPS) is 14.0. The predicted octanol–water partition coefficient (Wildman–Crippen LogP) is 12.6. The zero-order valence-electron chi connectivity index (χ0n) is 36.6. The maximum Gasteiger partial charge on any atom is 0.472 e. The molecule has 0 aromatic carbocycles. The number of hydrogen-bond acceptors (Lipinski definition) is 9. The lowest BCUT2D eigenvalue weighted by molar-refractivity contribution is -0.161. The molecule has 336 valence electrons. The Morgan fingerprint density at radius 2 is 0.860 bits per heavy atom. The van der Waals surface area contributed by atoms with Gasteiger partial charge in [-0.05, 0) is 64.2 Å². The summed E-state index contributed by atoms with van der Waals surface area (Å²) in [5, 5.41) is 18.4. The Hall–Kier alpha value is -1.55. The van der Waals surface area contributed by atoms with Crippen molar-refractivity contribution in [3.05, 3.63) is 24.3 Å². The predicted molar refractivity (Wildman–Crippen MR) is 233 cm³/mol. The van der Waals surface area contributed by atoms with Gasteiger partial charge in [-0.2, -0.15) is 0 Å². The summed E-state index contributed by atoms with van der Waals surface area (Å²) in [7, 11) is -4.62. The molecule has 57 heavy (non-hydrogen) atoms. The minimum absolute atomic E-state index is 0.180. The molecule has 0 amide bonds. The Labute approximate surface area is 348 Å². The molecule has 3 N–H and O–H groups in total. The fraction of sp³-hybridized carbons (Fsp3) is 0.870. The summed E-state index contributed by atoms with van der Waals surface area (Å²) in [6.45, 7) is 2.39. The average Bonchev–Trinajstić information content (AvgIpc) is 3.20. The lowest BCUT2D eigenvalue weighted by atomic mass is 10.1. The van der Waals surface area contributed by atoms with Gasteiger partial charge in [-0.15, -0.1) is 0 Å². The largest absolute Gasteiger partial charge is 0.472 e. The fourth-order valence-corrected chi connectivity index (χ4v) is 7.24. The third-order valence-corrected chi connectivity index (χ3v) is 11.0. The van der Waals surface area contributed by atoms with Gasteiger partial charge in [-0.1, -0.05) is 167 Å². The van der Waals surface area contributed by atoms with E-state index in [1.165, 1.54) is 122 Å². The van der Waals surface area contributed by atoms with Crippen LogP contribution in [0.25, 0.3) is 0 Å². The van der Waals surface area contributed by atoms with Gasteiger partial charge in [-0.3, -0.25) is 18.6 Å².